The van der Waals surface area contributed by atoms with Gasteiger partial charge in [0.15, 0.2) is 5.60 Å². The molecule has 0 spiro atoms. The van der Waals surface area contributed by atoms with Gasteiger partial charge in [-0.05, 0) is 66.1 Å². The van der Waals surface area contributed by atoms with Gasteiger partial charge in [0.2, 0.25) is 10.0 Å². The molecule has 3 aromatic carbocycles. The first kappa shape index (κ1) is 26.9. The number of nitrogens with zero attached hydrogens (tertiary/aromatic N) is 1. The summed E-state index contributed by atoms with van der Waals surface area (Å²) in [6.07, 6.45) is -0.00210. The number of rotatable bonds is 8. The van der Waals surface area contributed by atoms with Crippen LogP contribution in [0.25, 0.3) is 0 Å². The van der Waals surface area contributed by atoms with E-state index in [0.717, 1.165) is 0 Å². The van der Waals surface area contributed by atoms with Crippen LogP contribution in [0, 0.1) is 5.82 Å². The van der Waals surface area contributed by atoms with Crippen molar-refractivity contribution in [3.05, 3.63) is 94.8 Å². The van der Waals surface area contributed by atoms with Gasteiger partial charge in [-0.25, -0.2) is 12.8 Å². The second kappa shape index (κ2) is 10.5. The van der Waals surface area contributed by atoms with E-state index in [-0.39, 0.29) is 36.8 Å². The summed E-state index contributed by atoms with van der Waals surface area (Å²) < 4.78 is 47.6. The van der Waals surface area contributed by atoms with Crippen LogP contribution in [-0.2, 0) is 26.8 Å². The number of sulfonamides is 1. The Labute approximate surface area is 213 Å². The molecular weight excluding hydrogens is 518 g/mol. The number of hydrogen-bond donors (Lipinski definition) is 2. The summed E-state index contributed by atoms with van der Waals surface area (Å²) in [5.41, 5.74) is 5.71. The number of carbonyl (C=O) groups is 1. The molecule has 3 N–H and O–H groups in total. The third-order valence-corrected chi connectivity index (χ3v) is 7.71. The van der Waals surface area contributed by atoms with Crippen LogP contribution in [0.5, 0.6) is 5.75 Å². The van der Waals surface area contributed by atoms with Crippen molar-refractivity contribution in [1.82, 2.24) is 4.31 Å². The van der Waals surface area contributed by atoms with Crippen LogP contribution in [0.15, 0.2) is 77.7 Å². The van der Waals surface area contributed by atoms with Gasteiger partial charge in [0, 0.05) is 5.02 Å². The quantitative estimate of drug-likeness (QED) is 0.449. The fourth-order valence-corrected chi connectivity index (χ4v) is 5.54. The van der Waals surface area contributed by atoms with E-state index in [1.54, 1.807) is 48.5 Å². The van der Waals surface area contributed by atoms with Crippen molar-refractivity contribution < 1.29 is 27.4 Å². The predicted octanol–water partition coefficient (Wildman–Crippen LogP) is 3.83. The molecular formula is C24H23Cl2FN2O5S. The zero-order chi connectivity index (χ0) is 24.5. The third kappa shape index (κ3) is 5.76. The van der Waals surface area contributed by atoms with Crippen molar-refractivity contribution in [3.63, 3.8) is 0 Å². The maximum absolute atomic E-state index is 13.5. The fraction of sp³-hybridized carbons (Fsp3) is 0.208. The van der Waals surface area contributed by atoms with Gasteiger partial charge in [-0.3, -0.25) is 4.79 Å². The Balaban J connectivity index is 0.00000342. The number of carboxylic acid groups (broad SMARTS) is 1. The van der Waals surface area contributed by atoms with E-state index in [4.69, 9.17) is 27.2 Å². The molecule has 1 aliphatic heterocycles. The molecule has 1 saturated heterocycles. The first-order valence-corrected chi connectivity index (χ1v) is 12.2. The van der Waals surface area contributed by atoms with E-state index >= 15 is 0 Å². The molecule has 0 unspecified atom stereocenters. The van der Waals surface area contributed by atoms with E-state index in [0.29, 0.717) is 21.9 Å². The molecule has 0 bridgehead atoms. The van der Waals surface area contributed by atoms with Gasteiger partial charge >= 0.3 is 5.97 Å². The summed E-state index contributed by atoms with van der Waals surface area (Å²) in [6.45, 7) is 0.00488. The second-order valence-electron chi connectivity index (χ2n) is 8.13. The minimum atomic E-state index is -3.90. The summed E-state index contributed by atoms with van der Waals surface area (Å²) in [6, 6.07) is 17.3. The van der Waals surface area contributed by atoms with Gasteiger partial charge in [0.1, 0.15) is 17.6 Å². The van der Waals surface area contributed by atoms with Gasteiger partial charge in [0.25, 0.3) is 0 Å². The number of carboxylic acids is 1. The SMILES string of the molecule is Cl.N[C@@H](Cc1cccc(S(=O)(=O)N2CC(Oc3ccc(Cl)cc3)(c3ccc(F)cc3)C2)c1)C(=O)O. The maximum atomic E-state index is 13.5. The molecule has 0 saturated carbocycles. The minimum absolute atomic E-state index is 0. The van der Waals surface area contributed by atoms with Crippen molar-refractivity contribution in [3.8, 4) is 5.75 Å². The molecule has 11 heteroatoms. The van der Waals surface area contributed by atoms with Crippen LogP contribution >= 0.6 is 24.0 Å². The van der Waals surface area contributed by atoms with Crippen molar-refractivity contribution in [1.29, 1.82) is 0 Å². The monoisotopic (exact) mass is 540 g/mol. The van der Waals surface area contributed by atoms with Crippen LogP contribution in [0.2, 0.25) is 5.02 Å². The highest BCUT2D eigenvalue weighted by atomic mass is 35.5. The van der Waals surface area contributed by atoms with Gasteiger partial charge in [-0.2, -0.15) is 4.31 Å². The Hall–Kier alpha value is -2.69. The van der Waals surface area contributed by atoms with Crippen LogP contribution in [0.3, 0.4) is 0 Å². The largest absolute Gasteiger partial charge is 0.480 e. The Bertz CT molecular complexity index is 1300. The van der Waals surface area contributed by atoms with Crippen LogP contribution in [0.4, 0.5) is 4.39 Å². The zero-order valence-electron chi connectivity index (χ0n) is 18.3. The van der Waals surface area contributed by atoms with Crippen molar-refractivity contribution in [2.24, 2.45) is 5.73 Å². The molecule has 35 heavy (non-hydrogen) atoms. The third-order valence-electron chi connectivity index (χ3n) is 5.67. The van der Waals surface area contributed by atoms with Gasteiger partial charge < -0.3 is 15.6 Å². The first-order chi connectivity index (χ1) is 16.1. The summed E-state index contributed by atoms with van der Waals surface area (Å²) in [5.74, 6) is -1.08. The Morgan fingerprint density at radius 3 is 2.34 bits per heavy atom. The molecule has 1 atom stereocenters. The normalized spacial score (nSPS) is 16.0. The number of aliphatic carboxylic acids is 1. The minimum Gasteiger partial charge on any atom is -0.480 e. The Kier molecular flexibility index (Phi) is 8.08. The molecule has 1 aliphatic rings. The lowest BCUT2D eigenvalue weighted by atomic mass is 9.87. The van der Waals surface area contributed by atoms with E-state index in [9.17, 15) is 17.6 Å². The fourth-order valence-electron chi connectivity index (χ4n) is 3.80. The number of ether oxygens (including phenoxy) is 1. The van der Waals surface area contributed by atoms with Crippen molar-refractivity contribution >= 4 is 40.0 Å². The molecule has 0 aliphatic carbocycles. The molecule has 1 heterocycles. The van der Waals surface area contributed by atoms with E-state index in [2.05, 4.69) is 0 Å². The summed E-state index contributed by atoms with van der Waals surface area (Å²) in [4.78, 5) is 11.1. The van der Waals surface area contributed by atoms with Crippen molar-refractivity contribution in [2.75, 3.05) is 13.1 Å². The number of hydrogen-bond acceptors (Lipinski definition) is 5. The van der Waals surface area contributed by atoms with Gasteiger partial charge in [-0.15, -0.1) is 12.4 Å². The van der Waals surface area contributed by atoms with Crippen molar-refractivity contribution in [2.45, 2.75) is 23.0 Å². The smallest absolute Gasteiger partial charge is 0.320 e. The standard InChI is InChI=1S/C24H22ClFN2O5S.ClH/c25-18-6-10-20(11-7-18)33-24(17-4-8-19(26)9-5-17)14-28(15-24)34(31,32)21-3-1-2-16(12-21)13-22(27)23(29)30;/h1-12,22H,13-15,27H2,(H,29,30);1H/t22-;/m0./s1. The highest BCUT2D eigenvalue weighted by Crippen LogP contribution is 2.40. The second-order valence-corrected chi connectivity index (χ2v) is 10.5. The lowest BCUT2D eigenvalue weighted by molar-refractivity contribution is -0.138. The molecule has 186 valence electrons. The van der Waals surface area contributed by atoms with Crippen LogP contribution in [-0.4, -0.2) is 42.9 Å². The lowest BCUT2D eigenvalue weighted by Crippen LogP contribution is -2.64. The number of benzene rings is 3. The average molecular weight is 541 g/mol. The van der Waals surface area contributed by atoms with Gasteiger partial charge in [-0.1, -0.05) is 35.9 Å². The Morgan fingerprint density at radius 1 is 1.11 bits per heavy atom. The summed E-state index contributed by atoms with van der Waals surface area (Å²) in [7, 11) is -3.90. The lowest BCUT2D eigenvalue weighted by Gasteiger charge is -2.48. The molecule has 1 fully saturated rings. The van der Waals surface area contributed by atoms with E-state index in [1.165, 1.54) is 28.6 Å². The topological polar surface area (TPSA) is 110 Å². The summed E-state index contributed by atoms with van der Waals surface area (Å²) in [5, 5.41) is 9.56. The molecule has 0 radical (unpaired) electrons. The molecule has 4 rings (SSSR count). The molecule has 0 aromatic heterocycles. The van der Waals surface area contributed by atoms with Crippen LogP contribution < -0.4 is 10.5 Å². The molecule has 7 nitrogen and oxygen atoms in total. The predicted molar refractivity (Wildman–Crippen MR) is 132 cm³/mol. The number of halogens is 3. The summed E-state index contributed by atoms with van der Waals surface area (Å²) >= 11 is 5.95. The Morgan fingerprint density at radius 2 is 1.74 bits per heavy atom. The molecule has 3 aromatic rings. The highest BCUT2D eigenvalue weighted by Gasteiger charge is 2.52. The van der Waals surface area contributed by atoms with E-state index in [1.807, 2.05) is 0 Å². The van der Waals surface area contributed by atoms with E-state index < -0.39 is 33.5 Å². The van der Waals surface area contributed by atoms with Crippen LogP contribution in [0.1, 0.15) is 11.1 Å². The number of nitrogens with two attached hydrogens (primary N) is 1. The van der Waals surface area contributed by atoms with Gasteiger partial charge in [0.05, 0.1) is 18.0 Å². The maximum Gasteiger partial charge on any atom is 0.320 e. The zero-order valence-corrected chi connectivity index (χ0v) is 20.7. The highest BCUT2D eigenvalue weighted by molar-refractivity contribution is 7.89. The molecule has 0 amide bonds. The average Bonchev–Trinajstić information content (AvgIpc) is 2.78. The first-order valence-electron chi connectivity index (χ1n) is 10.4.